The molecule has 1 aromatic heterocycles. The van der Waals surface area contributed by atoms with Crippen molar-refractivity contribution in [1.29, 1.82) is 0 Å². The molecule has 5 heteroatoms. The number of aromatic hydroxyl groups is 1. The third-order valence-corrected chi connectivity index (χ3v) is 3.60. The van der Waals surface area contributed by atoms with E-state index in [-0.39, 0.29) is 11.3 Å². The maximum absolute atomic E-state index is 12.4. The van der Waals surface area contributed by atoms with Gasteiger partial charge in [0, 0.05) is 11.1 Å². The van der Waals surface area contributed by atoms with Crippen LogP contribution in [0.5, 0.6) is 5.75 Å². The first kappa shape index (κ1) is 14.8. The minimum absolute atomic E-state index is 0.289. The monoisotopic (exact) mass is 308 g/mol. The van der Waals surface area contributed by atoms with Crippen LogP contribution in [0.2, 0.25) is 0 Å². The van der Waals surface area contributed by atoms with Crippen LogP contribution in [-0.4, -0.2) is 16.0 Å². The number of rotatable bonds is 2. The number of hydrogen-bond acceptors (Lipinski definition) is 3. The second kappa shape index (κ2) is 5.61. The van der Waals surface area contributed by atoms with E-state index in [1.54, 1.807) is 36.4 Å². The van der Waals surface area contributed by atoms with Gasteiger partial charge in [0.15, 0.2) is 0 Å². The Labute approximate surface area is 132 Å². The first-order valence-electron chi connectivity index (χ1n) is 7.19. The standard InChI is InChI=1S/C18H16N2O3/c1-10-7-11(2)9-12(8-10)19-17(22)15-16(21)13-5-3-4-6-14(13)20-18(15)23/h3-9H,1-2H3,(H,19,22)(H2,20,21,23). The van der Waals surface area contributed by atoms with Gasteiger partial charge in [-0.2, -0.15) is 0 Å². The highest BCUT2D eigenvalue weighted by Gasteiger charge is 2.19. The second-order valence-corrected chi connectivity index (χ2v) is 5.55. The van der Waals surface area contributed by atoms with Gasteiger partial charge in [-0.1, -0.05) is 18.2 Å². The van der Waals surface area contributed by atoms with Crippen molar-refractivity contribution in [3.63, 3.8) is 0 Å². The molecule has 0 spiro atoms. The molecule has 0 bridgehead atoms. The fraction of sp³-hybridized carbons (Fsp3) is 0.111. The third kappa shape index (κ3) is 2.81. The first-order valence-corrected chi connectivity index (χ1v) is 7.19. The number of nitrogens with one attached hydrogen (secondary N) is 2. The number of amides is 1. The van der Waals surface area contributed by atoms with Gasteiger partial charge in [-0.05, 0) is 49.2 Å². The van der Waals surface area contributed by atoms with Gasteiger partial charge in [-0.15, -0.1) is 0 Å². The molecule has 1 amide bonds. The molecule has 3 N–H and O–H groups in total. The van der Waals surface area contributed by atoms with Crippen LogP contribution in [-0.2, 0) is 0 Å². The Balaban J connectivity index is 2.06. The molecule has 0 unspecified atom stereocenters. The van der Waals surface area contributed by atoms with Crippen molar-refractivity contribution in [2.75, 3.05) is 5.32 Å². The SMILES string of the molecule is Cc1cc(C)cc(NC(=O)c2c(O)c3ccccc3[nH]c2=O)c1. The normalized spacial score (nSPS) is 10.7. The molecule has 1 heterocycles. The van der Waals surface area contributed by atoms with Gasteiger partial charge in [0.25, 0.3) is 11.5 Å². The topological polar surface area (TPSA) is 82.2 Å². The van der Waals surface area contributed by atoms with Crippen molar-refractivity contribution in [1.82, 2.24) is 4.98 Å². The second-order valence-electron chi connectivity index (χ2n) is 5.55. The van der Waals surface area contributed by atoms with E-state index in [9.17, 15) is 14.7 Å². The first-order chi connectivity index (χ1) is 11.0. The molecule has 3 aromatic rings. The highest BCUT2D eigenvalue weighted by atomic mass is 16.3. The van der Waals surface area contributed by atoms with E-state index in [2.05, 4.69) is 10.3 Å². The molecule has 0 saturated heterocycles. The number of aromatic nitrogens is 1. The molecule has 0 atom stereocenters. The van der Waals surface area contributed by atoms with Crippen LogP contribution in [0.4, 0.5) is 5.69 Å². The highest BCUT2D eigenvalue weighted by molar-refractivity contribution is 6.08. The summed E-state index contributed by atoms with van der Waals surface area (Å²) in [6.07, 6.45) is 0. The Bertz CT molecular complexity index is 953. The Morgan fingerprint density at radius 1 is 1.09 bits per heavy atom. The molecule has 3 rings (SSSR count). The number of carbonyl (C=O) groups is 1. The lowest BCUT2D eigenvalue weighted by atomic mass is 10.1. The van der Waals surface area contributed by atoms with Crippen molar-refractivity contribution < 1.29 is 9.90 Å². The predicted molar refractivity (Wildman–Crippen MR) is 90.1 cm³/mol. The molecule has 2 aromatic carbocycles. The quantitative estimate of drug-likeness (QED) is 0.680. The van der Waals surface area contributed by atoms with Crippen molar-refractivity contribution in [2.24, 2.45) is 0 Å². The van der Waals surface area contributed by atoms with Crippen LogP contribution in [0.1, 0.15) is 21.5 Å². The van der Waals surface area contributed by atoms with E-state index in [1.807, 2.05) is 19.9 Å². The van der Waals surface area contributed by atoms with Gasteiger partial charge in [-0.3, -0.25) is 9.59 Å². The summed E-state index contributed by atoms with van der Waals surface area (Å²) in [6.45, 7) is 3.84. The lowest BCUT2D eigenvalue weighted by molar-refractivity contribution is 0.102. The zero-order valence-electron chi connectivity index (χ0n) is 12.8. The summed E-state index contributed by atoms with van der Waals surface area (Å²) < 4.78 is 0. The van der Waals surface area contributed by atoms with E-state index in [4.69, 9.17) is 0 Å². The summed E-state index contributed by atoms with van der Waals surface area (Å²) >= 11 is 0. The van der Waals surface area contributed by atoms with E-state index in [1.165, 1.54) is 0 Å². The summed E-state index contributed by atoms with van der Waals surface area (Å²) in [5, 5.41) is 13.4. The van der Waals surface area contributed by atoms with Gasteiger partial charge in [0.1, 0.15) is 11.3 Å². The number of carbonyl (C=O) groups excluding carboxylic acids is 1. The van der Waals surface area contributed by atoms with Crippen molar-refractivity contribution in [3.05, 3.63) is 69.5 Å². The largest absolute Gasteiger partial charge is 0.506 e. The van der Waals surface area contributed by atoms with Crippen LogP contribution in [0.3, 0.4) is 0 Å². The van der Waals surface area contributed by atoms with Crippen molar-refractivity contribution >= 4 is 22.5 Å². The molecule has 0 saturated carbocycles. The van der Waals surface area contributed by atoms with Crippen LogP contribution in [0, 0.1) is 13.8 Å². The number of aromatic amines is 1. The zero-order valence-corrected chi connectivity index (χ0v) is 12.8. The minimum Gasteiger partial charge on any atom is -0.506 e. The van der Waals surface area contributed by atoms with Gasteiger partial charge < -0.3 is 15.4 Å². The molecule has 0 aliphatic rings. The van der Waals surface area contributed by atoms with Crippen LogP contribution in [0.15, 0.2) is 47.3 Å². The highest BCUT2D eigenvalue weighted by Crippen LogP contribution is 2.25. The Morgan fingerprint density at radius 3 is 2.43 bits per heavy atom. The smallest absolute Gasteiger partial charge is 0.265 e. The summed E-state index contributed by atoms with van der Waals surface area (Å²) in [5.74, 6) is -0.953. The number of benzene rings is 2. The van der Waals surface area contributed by atoms with E-state index >= 15 is 0 Å². The average Bonchev–Trinajstić information content (AvgIpc) is 2.46. The fourth-order valence-electron chi connectivity index (χ4n) is 2.68. The van der Waals surface area contributed by atoms with Crippen LogP contribution >= 0.6 is 0 Å². The fourth-order valence-corrected chi connectivity index (χ4v) is 2.68. The number of para-hydroxylation sites is 1. The molecule has 23 heavy (non-hydrogen) atoms. The maximum Gasteiger partial charge on any atom is 0.265 e. The molecule has 116 valence electrons. The molecule has 0 aliphatic carbocycles. The number of hydrogen-bond donors (Lipinski definition) is 3. The van der Waals surface area contributed by atoms with E-state index < -0.39 is 11.5 Å². The average molecular weight is 308 g/mol. The van der Waals surface area contributed by atoms with Gasteiger partial charge in [0.05, 0.1) is 5.52 Å². The maximum atomic E-state index is 12.4. The third-order valence-electron chi connectivity index (χ3n) is 3.60. The molecular weight excluding hydrogens is 292 g/mol. The van der Waals surface area contributed by atoms with Crippen molar-refractivity contribution in [2.45, 2.75) is 13.8 Å². The molecule has 0 aliphatic heterocycles. The number of H-pyrrole nitrogens is 1. The van der Waals surface area contributed by atoms with Gasteiger partial charge >= 0.3 is 0 Å². The Kier molecular flexibility index (Phi) is 3.62. The number of anilines is 1. The predicted octanol–water partition coefficient (Wildman–Crippen LogP) is 3.10. The van der Waals surface area contributed by atoms with Crippen LogP contribution < -0.4 is 10.9 Å². The molecular formula is C18H16N2O3. The molecule has 0 fully saturated rings. The zero-order chi connectivity index (χ0) is 16.6. The number of pyridine rings is 1. The molecule has 5 nitrogen and oxygen atoms in total. The Morgan fingerprint density at radius 2 is 1.74 bits per heavy atom. The molecule has 0 radical (unpaired) electrons. The van der Waals surface area contributed by atoms with E-state index in [0.29, 0.717) is 16.6 Å². The van der Waals surface area contributed by atoms with Gasteiger partial charge in [-0.25, -0.2) is 0 Å². The van der Waals surface area contributed by atoms with E-state index in [0.717, 1.165) is 11.1 Å². The summed E-state index contributed by atoms with van der Waals surface area (Å²) in [6, 6.07) is 12.4. The number of aryl methyl sites for hydroxylation is 2. The summed E-state index contributed by atoms with van der Waals surface area (Å²) in [4.78, 5) is 27.2. The number of fused-ring (bicyclic) bond motifs is 1. The lowest BCUT2D eigenvalue weighted by Gasteiger charge is -2.09. The van der Waals surface area contributed by atoms with Crippen LogP contribution in [0.25, 0.3) is 10.9 Å². The van der Waals surface area contributed by atoms with Crippen molar-refractivity contribution in [3.8, 4) is 5.75 Å². The summed E-state index contributed by atoms with van der Waals surface area (Å²) in [7, 11) is 0. The summed E-state index contributed by atoms with van der Waals surface area (Å²) in [5.41, 5.74) is 2.15. The van der Waals surface area contributed by atoms with Gasteiger partial charge in [0.2, 0.25) is 0 Å². The Hall–Kier alpha value is -3.08. The lowest BCUT2D eigenvalue weighted by Crippen LogP contribution is -2.23. The minimum atomic E-state index is -0.639.